The van der Waals surface area contributed by atoms with Crippen LogP contribution in [-0.2, 0) is 0 Å². The van der Waals surface area contributed by atoms with Crippen molar-refractivity contribution in [2.24, 2.45) is 10.2 Å². The van der Waals surface area contributed by atoms with E-state index in [1.165, 1.54) is 0 Å². The van der Waals surface area contributed by atoms with Crippen LogP contribution in [0.15, 0.2) is 10.2 Å². The summed E-state index contributed by atoms with van der Waals surface area (Å²) in [7, 11) is 0. The first-order chi connectivity index (χ1) is 3.63. The van der Waals surface area contributed by atoms with Gasteiger partial charge in [0.15, 0.2) is 0 Å². The van der Waals surface area contributed by atoms with Crippen molar-refractivity contribution >= 4 is 20.6 Å². The second-order valence-electron chi connectivity index (χ2n) is 0.765. The van der Waals surface area contributed by atoms with Crippen molar-refractivity contribution in [3.63, 3.8) is 0 Å². The molecule has 0 aliphatic carbocycles. The maximum atomic E-state index is 9.38. The largest absolute Gasteiger partial charge is 0.462 e. The van der Waals surface area contributed by atoms with Gasteiger partial charge in [-0.1, -0.05) is 10.2 Å². The van der Waals surface area contributed by atoms with Gasteiger partial charge in [0, 0.05) is 8.41 Å². The molecule has 0 saturated carbocycles. The SMILES string of the molecule is O=C(O)N=NC(=O)O.[B]. The summed E-state index contributed by atoms with van der Waals surface area (Å²) in [6.45, 7) is 0. The molecule has 0 aromatic carbocycles. The van der Waals surface area contributed by atoms with E-state index in [1.807, 2.05) is 0 Å². The fourth-order valence-corrected chi connectivity index (χ4v) is 0.0855. The van der Waals surface area contributed by atoms with Gasteiger partial charge >= 0.3 is 12.2 Å². The van der Waals surface area contributed by atoms with Crippen molar-refractivity contribution in [2.45, 2.75) is 0 Å². The highest BCUT2D eigenvalue weighted by atomic mass is 16.4. The summed E-state index contributed by atoms with van der Waals surface area (Å²) in [5.41, 5.74) is 0. The van der Waals surface area contributed by atoms with E-state index < -0.39 is 12.2 Å². The van der Waals surface area contributed by atoms with Gasteiger partial charge < -0.3 is 10.2 Å². The van der Waals surface area contributed by atoms with Crippen LogP contribution in [0.25, 0.3) is 0 Å². The predicted molar refractivity (Wildman–Crippen MR) is 26.7 cm³/mol. The van der Waals surface area contributed by atoms with Gasteiger partial charge in [-0.05, 0) is 0 Å². The Morgan fingerprint density at radius 1 is 1.00 bits per heavy atom. The minimum atomic E-state index is -1.62. The number of azo groups is 1. The Kier molecular flexibility index (Phi) is 5.58. The van der Waals surface area contributed by atoms with Crippen LogP contribution in [0.2, 0.25) is 0 Å². The van der Waals surface area contributed by atoms with Crippen LogP contribution in [0.1, 0.15) is 0 Å². The van der Waals surface area contributed by atoms with Gasteiger partial charge in [-0.15, -0.1) is 0 Å². The van der Waals surface area contributed by atoms with Crippen molar-refractivity contribution in [3.8, 4) is 0 Å². The zero-order chi connectivity index (χ0) is 6.57. The van der Waals surface area contributed by atoms with Gasteiger partial charge in [-0.2, -0.15) is 0 Å². The molecule has 0 aliphatic rings. The number of hydrogen-bond acceptors (Lipinski definition) is 2. The van der Waals surface area contributed by atoms with E-state index in [1.54, 1.807) is 0 Å². The van der Waals surface area contributed by atoms with E-state index in [-0.39, 0.29) is 8.41 Å². The Morgan fingerprint density at radius 3 is 1.33 bits per heavy atom. The third kappa shape index (κ3) is 10.8. The van der Waals surface area contributed by atoms with Crippen molar-refractivity contribution in [3.05, 3.63) is 0 Å². The third-order valence-electron chi connectivity index (χ3n) is 0.221. The highest BCUT2D eigenvalue weighted by Gasteiger charge is 1.91. The Balaban J connectivity index is 0. The number of amides is 2. The number of nitrogens with zero attached hydrogens (tertiary/aromatic N) is 2. The van der Waals surface area contributed by atoms with E-state index in [0.717, 1.165) is 0 Å². The van der Waals surface area contributed by atoms with E-state index >= 15 is 0 Å². The summed E-state index contributed by atoms with van der Waals surface area (Å²) in [5, 5.41) is 19.8. The van der Waals surface area contributed by atoms with Gasteiger partial charge in [-0.25, -0.2) is 9.59 Å². The van der Waals surface area contributed by atoms with Gasteiger partial charge in [0.2, 0.25) is 0 Å². The first-order valence-electron chi connectivity index (χ1n) is 1.50. The maximum absolute atomic E-state index is 9.38. The molecule has 0 aromatic heterocycles. The molecule has 0 bridgehead atoms. The molecular weight excluding hydrogens is 127 g/mol. The zero-order valence-corrected chi connectivity index (χ0v) is 4.18. The molecule has 0 rings (SSSR count). The topological polar surface area (TPSA) is 99.3 Å². The Hall–Kier alpha value is -1.40. The molecule has 2 amide bonds. The van der Waals surface area contributed by atoms with Crippen LogP contribution in [0, 0.1) is 0 Å². The lowest BCUT2D eigenvalue weighted by atomic mass is 10.8. The smallest absolute Gasteiger partial charge is 0.450 e. The van der Waals surface area contributed by atoms with Crippen molar-refractivity contribution in [1.29, 1.82) is 0 Å². The molecule has 47 valence electrons. The van der Waals surface area contributed by atoms with Crippen LogP contribution in [0.3, 0.4) is 0 Å². The fraction of sp³-hybridized carbons (Fsp3) is 0. The Morgan fingerprint density at radius 2 is 1.22 bits per heavy atom. The zero-order valence-electron chi connectivity index (χ0n) is 4.18. The third-order valence-corrected chi connectivity index (χ3v) is 0.221. The van der Waals surface area contributed by atoms with Crippen molar-refractivity contribution < 1.29 is 19.8 Å². The molecule has 0 unspecified atom stereocenters. The number of carboxylic acid groups (broad SMARTS) is 2. The second kappa shape index (κ2) is 4.76. The molecule has 9 heavy (non-hydrogen) atoms. The summed E-state index contributed by atoms with van der Waals surface area (Å²) in [6.07, 6.45) is -3.24. The summed E-state index contributed by atoms with van der Waals surface area (Å²) in [6, 6.07) is 0. The van der Waals surface area contributed by atoms with E-state index in [0.29, 0.717) is 0 Å². The molecule has 0 heterocycles. The molecule has 6 nitrogen and oxygen atoms in total. The van der Waals surface area contributed by atoms with E-state index in [2.05, 4.69) is 10.2 Å². The molecule has 0 spiro atoms. The van der Waals surface area contributed by atoms with Gasteiger partial charge in [-0.3, -0.25) is 0 Å². The molecule has 0 atom stereocenters. The molecule has 0 aliphatic heterocycles. The summed E-state index contributed by atoms with van der Waals surface area (Å²) in [4.78, 5) is 18.8. The average Bonchev–Trinajstić information content (AvgIpc) is 1.61. The highest BCUT2D eigenvalue weighted by Crippen LogP contribution is 1.76. The van der Waals surface area contributed by atoms with Crippen LogP contribution in [0.4, 0.5) is 9.59 Å². The predicted octanol–water partition coefficient (Wildman–Crippen LogP) is 0.414. The lowest BCUT2D eigenvalue weighted by Gasteiger charge is -1.72. The molecule has 0 aromatic rings. The lowest BCUT2D eigenvalue weighted by Crippen LogP contribution is -1.87. The summed E-state index contributed by atoms with van der Waals surface area (Å²) < 4.78 is 0. The number of rotatable bonds is 0. The molecule has 0 fully saturated rings. The van der Waals surface area contributed by atoms with E-state index in [4.69, 9.17) is 10.2 Å². The Labute approximate surface area is 51.8 Å². The lowest BCUT2D eigenvalue weighted by molar-refractivity contribution is 0.194. The first kappa shape index (κ1) is 10.6. The quantitative estimate of drug-likeness (QED) is 0.365. The second-order valence-corrected chi connectivity index (χ2v) is 0.765. The van der Waals surface area contributed by atoms with Gasteiger partial charge in [0.25, 0.3) is 0 Å². The van der Waals surface area contributed by atoms with Crippen molar-refractivity contribution in [2.75, 3.05) is 0 Å². The normalized spacial score (nSPS) is 8.44. The summed E-state index contributed by atoms with van der Waals surface area (Å²) in [5.74, 6) is 0. The summed E-state index contributed by atoms with van der Waals surface area (Å²) >= 11 is 0. The number of hydrogen-bond donors (Lipinski definition) is 2. The van der Waals surface area contributed by atoms with Crippen LogP contribution in [0.5, 0.6) is 0 Å². The molecule has 7 heteroatoms. The standard InChI is InChI=1S/C2H2N2O4.B/c5-1(6)3-4-2(7)8;/h(H,5,6)(H,7,8);. The average molecular weight is 129 g/mol. The van der Waals surface area contributed by atoms with Crippen LogP contribution >= 0.6 is 0 Å². The van der Waals surface area contributed by atoms with E-state index in [9.17, 15) is 9.59 Å². The van der Waals surface area contributed by atoms with Crippen LogP contribution in [-0.4, -0.2) is 30.8 Å². The minimum Gasteiger partial charge on any atom is -0.462 e. The highest BCUT2D eigenvalue weighted by molar-refractivity contribution is 5.75. The minimum absolute atomic E-state index is 0. The first-order valence-corrected chi connectivity index (χ1v) is 1.50. The maximum Gasteiger partial charge on any atom is 0.450 e. The Bertz CT molecular complexity index is 128. The fourth-order valence-electron chi connectivity index (χ4n) is 0.0855. The van der Waals surface area contributed by atoms with Crippen molar-refractivity contribution in [1.82, 2.24) is 0 Å². The molecule has 3 radical (unpaired) electrons. The van der Waals surface area contributed by atoms with Gasteiger partial charge in [0.05, 0.1) is 0 Å². The monoisotopic (exact) mass is 129 g/mol. The van der Waals surface area contributed by atoms with Crippen LogP contribution < -0.4 is 0 Å². The van der Waals surface area contributed by atoms with Gasteiger partial charge in [0.1, 0.15) is 0 Å². The molecular formula is C2H2BN2O4. The number of carbonyl (C=O) groups is 2. The molecule has 2 N–H and O–H groups in total. The molecule has 0 saturated heterocycles.